The van der Waals surface area contributed by atoms with Gasteiger partial charge in [0.25, 0.3) is 0 Å². The van der Waals surface area contributed by atoms with Crippen LogP contribution in [0.1, 0.15) is 36.8 Å². The van der Waals surface area contributed by atoms with E-state index in [-0.39, 0.29) is 0 Å². The monoisotopic (exact) mass is 236 g/mol. The summed E-state index contributed by atoms with van der Waals surface area (Å²) in [6.45, 7) is 2.86. The number of nitrogens with one attached hydrogen (secondary N) is 2. The molecule has 2 heterocycles. The highest BCUT2D eigenvalue weighted by Gasteiger charge is 2.49. The maximum absolute atomic E-state index is 5.05. The summed E-state index contributed by atoms with van der Waals surface area (Å²) in [7, 11) is 1.71. The van der Waals surface area contributed by atoms with Gasteiger partial charge in [-0.2, -0.15) is 5.10 Å². The molecule has 1 aromatic rings. The first-order valence-corrected chi connectivity index (χ1v) is 6.45. The van der Waals surface area contributed by atoms with Crippen molar-refractivity contribution in [1.29, 1.82) is 0 Å². The van der Waals surface area contributed by atoms with Crippen LogP contribution in [0.15, 0.2) is 0 Å². The third-order valence-corrected chi connectivity index (χ3v) is 4.32. The molecule has 3 rings (SSSR count). The van der Waals surface area contributed by atoms with Crippen molar-refractivity contribution in [3.8, 4) is 0 Å². The number of nitrogens with zero attached hydrogens (tertiary/aromatic N) is 2. The molecule has 5 nitrogen and oxygen atoms in total. The zero-order valence-corrected chi connectivity index (χ0v) is 10.3. The average molecular weight is 236 g/mol. The van der Waals surface area contributed by atoms with Gasteiger partial charge in [0.1, 0.15) is 5.82 Å². The molecule has 1 saturated carbocycles. The van der Waals surface area contributed by atoms with Crippen molar-refractivity contribution in [2.24, 2.45) is 5.41 Å². The number of H-pyrrole nitrogens is 1. The molecule has 0 aromatic carbocycles. The molecule has 1 spiro atoms. The lowest BCUT2D eigenvalue weighted by atomic mass is 9.62. The molecule has 1 saturated heterocycles. The predicted molar refractivity (Wildman–Crippen MR) is 63.9 cm³/mol. The van der Waals surface area contributed by atoms with E-state index in [1.54, 1.807) is 7.11 Å². The molecule has 0 amide bonds. The van der Waals surface area contributed by atoms with E-state index >= 15 is 0 Å². The lowest BCUT2D eigenvalue weighted by molar-refractivity contribution is 0.133. The van der Waals surface area contributed by atoms with Gasteiger partial charge < -0.3 is 10.1 Å². The first-order valence-electron chi connectivity index (χ1n) is 6.45. The van der Waals surface area contributed by atoms with Gasteiger partial charge in [0.15, 0.2) is 5.82 Å². The maximum atomic E-state index is 5.05. The van der Waals surface area contributed by atoms with Crippen molar-refractivity contribution in [1.82, 2.24) is 20.5 Å². The number of rotatable bonds is 4. The number of aromatic nitrogens is 3. The van der Waals surface area contributed by atoms with Crippen LogP contribution >= 0.6 is 0 Å². The Bertz CT molecular complexity index is 386. The fourth-order valence-electron chi connectivity index (χ4n) is 3.10. The lowest BCUT2D eigenvalue weighted by Gasteiger charge is -2.41. The van der Waals surface area contributed by atoms with E-state index in [0.717, 1.165) is 31.2 Å². The van der Waals surface area contributed by atoms with Crippen LogP contribution in [0.4, 0.5) is 0 Å². The lowest BCUT2D eigenvalue weighted by Crippen LogP contribution is -2.36. The molecule has 1 unspecified atom stereocenters. The van der Waals surface area contributed by atoms with E-state index in [2.05, 4.69) is 20.5 Å². The van der Waals surface area contributed by atoms with Crippen LogP contribution in [0.5, 0.6) is 0 Å². The minimum absolute atomic E-state index is 0.459. The Morgan fingerprint density at radius 2 is 2.35 bits per heavy atom. The zero-order valence-electron chi connectivity index (χ0n) is 10.3. The van der Waals surface area contributed by atoms with E-state index in [9.17, 15) is 0 Å². The largest absolute Gasteiger partial charge is 0.384 e. The molecule has 1 aliphatic carbocycles. The van der Waals surface area contributed by atoms with Crippen molar-refractivity contribution < 1.29 is 4.74 Å². The molecule has 1 aliphatic heterocycles. The van der Waals surface area contributed by atoms with Crippen LogP contribution in [0, 0.1) is 5.41 Å². The number of methoxy groups -OCH3 is 1. The number of hydrogen-bond donors (Lipinski definition) is 2. The summed E-state index contributed by atoms with van der Waals surface area (Å²) in [4.78, 5) is 4.62. The van der Waals surface area contributed by atoms with Crippen molar-refractivity contribution in [3.05, 3.63) is 11.6 Å². The highest BCUT2D eigenvalue weighted by Crippen LogP contribution is 2.52. The normalized spacial score (nSPS) is 26.3. The van der Waals surface area contributed by atoms with Crippen molar-refractivity contribution in [2.75, 3.05) is 26.8 Å². The van der Waals surface area contributed by atoms with Gasteiger partial charge in [-0.3, -0.25) is 5.10 Å². The molecule has 1 atom stereocenters. The van der Waals surface area contributed by atoms with Crippen molar-refractivity contribution >= 4 is 0 Å². The fraction of sp³-hybridized carbons (Fsp3) is 0.833. The minimum Gasteiger partial charge on any atom is -0.384 e. The van der Waals surface area contributed by atoms with Gasteiger partial charge in [0.05, 0.1) is 6.61 Å². The second-order valence-electron chi connectivity index (χ2n) is 5.28. The van der Waals surface area contributed by atoms with Gasteiger partial charge in [-0.25, -0.2) is 4.98 Å². The summed E-state index contributed by atoms with van der Waals surface area (Å²) in [5, 5.41) is 10.9. The van der Waals surface area contributed by atoms with Crippen LogP contribution in [0.2, 0.25) is 0 Å². The Labute approximate surface area is 101 Å². The molecule has 0 bridgehead atoms. The molecule has 2 N–H and O–H groups in total. The molecule has 2 fully saturated rings. The van der Waals surface area contributed by atoms with E-state index in [1.165, 1.54) is 19.3 Å². The van der Waals surface area contributed by atoms with Crippen LogP contribution in [-0.2, 0) is 11.2 Å². The van der Waals surface area contributed by atoms with Crippen LogP contribution in [0.3, 0.4) is 0 Å². The highest BCUT2D eigenvalue weighted by molar-refractivity contribution is 5.14. The van der Waals surface area contributed by atoms with Crippen LogP contribution in [0.25, 0.3) is 0 Å². The van der Waals surface area contributed by atoms with Gasteiger partial charge in [-0.1, -0.05) is 6.42 Å². The zero-order chi connectivity index (χ0) is 11.7. The summed E-state index contributed by atoms with van der Waals surface area (Å²) < 4.78 is 5.05. The standard InChI is InChI=1S/C12H20N4O/c1-17-6-3-10-14-11(16-15-10)9-7-13-8-12(9)4-2-5-12/h9,13H,2-8H2,1H3,(H,14,15,16). The molecular formula is C12H20N4O. The summed E-state index contributed by atoms with van der Waals surface area (Å²) in [5.74, 6) is 2.45. The Hall–Kier alpha value is -0.940. The van der Waals surface area contributed by atoms with Gasteiger partial charge in [-0.15, -0.1) is 0 Å². The Morgan fingerprint density at radius 3 is 3.06 bits per heavy atom. The minimum atomic E-state index is 0.459. The number of ether oxygens (including phenoxy) is 1. The molecule has 2 aliphatic rings. The fourth-order valence-corrected chi connectivity index (χ4v) is 3.10. The first-order chi connectivity index (χ1) is 8.34. The molecule has 0 radical (unpaired) electrons. The number of hydrogen-bond acceptors (Lipinski definition) is 4. The van der Waals surface area contributed by atoms with Gasteiger partial charge in [0, 0.05) is 32.5 Å². The topological polar surface area (TPSA) is 62.8 Å². The summed E-state index contributed by atoms with van der Waals surface area (Å²) in [5.41, 5.74) is 0.459. The van der Waals surface area contributed by atoms with Crippen LogP contribution < -0.4 is 5.32 Å². The second-order valence-corrected chi connectivity index (χ2v) is 5.28. The van der Waals surface area contributed by atoms with E-state index in [0.29, 0.717) is 17.9 Å². The van der Waals surface area contributed by atoms with E-state index in [1.807, 2.05) is 0 Å². The molecule has 17 heavy (non-hydrogen) atoms. The Kier molecular flexibility index (Phi) is 2.88. The van der Waals surface area contributed by atoms with Gasteiger partial charge >= 0.3 is 0 Å². The molecule has 5 heteroatoms. The van der Waals surface area contributed by atoms with Gasteiger partial charge in [0.2, 0.25) is 0 Å². The second kappa shape index (κ2) is 4.38. The quantitative estimate of drug-likeness (QED) is 0.813. The van der Waals surface area contributed by atoms with E-state index < -0.39 is 0 Å². The predicted octanol–water partition coefficient (Wildman–Crippen LogP) is 0.851. The maximum Gasteiger partial charge on any atom is 0.155 e. The average Bonchev–Trinajstić information content (AvgIpc) is 2.91. The Morgan fingerprint density at radius 1 is 1.47 bits per heavy atom. The first kappa shape index (κ1) is 11.2. The van der Waals surface area contributed by atoms with Crippen molar-refractivity contribution in [3.63, 3.8) is 0 Å². The highest BCUT2D eigenvalue weighted by atomic mass is 16.5. The summed E-state index contributed by atoms with van der Waals surface area (Å²) in [6.07, 6.45) is 4.83. The molecular weight excluding hydrogens is 216 g/mol. The van der Waals surface area contributed by atoms with E-state index in [4.69, 9.17) is 4.74 Å². The van der Waals surface area contributed by atoms with Crippen molar-refractivity contribution in [2.45, 2.75) is 31.6 Å². The third-order valence-electron chi connectivity index (χ3n) is 4.32. The summed E-state index contributed by atoms with van der Waals surface area (Å²) in [6, 6.07) is 0. The molecule has 1 aromatic heterocycles. The van der Waals surface area contributed by atoms with Crippen LogP contribution in [-0.4, -0.2) is 42.0 Å². The molecule has 94 valence electrons. The third kappa shape index (κ3) is 1.87. The summed E-state index contributed by atoms with van der Waals surface area (Å²) >= 11 is 0. The van der Waals surface area contributed by atoms with Gasteiger partial charge in [-0.05, 0) is 18.3 Å². The number of aromatic amines is 1. The SMILES string of the molecule is COCCc1nc(C2CNCC23CCC3)n[nH]1. The smallest absolute Gasteiger partial charge is 0.155 e. The Balaban J connectivity index is 1.73.